The molecule has 0 bridgehead atoms. The van der Waals surface area contributed by atoms with Crippen LogP contribution in [0, 0.1) is 0 Å². The van der Waals surface area contributed by atoms with E-state index >= 15 is 0 Å². The molecule has 214 valence electrons. The Morgan fingerprint density at radius 1 is 1.12 bits per heavy atom. The van der Waals surface area contributed by atoms with Crippen molar-refractivity contribution in [2.75, 3.05) is 26.2 Å². The van der Waals surface area contributed by atoms with Gasteiger partial charge >= 0.3 is 0 Å². The SMILES string of the molecule is C[C@H]1CN[C@@H](c2ccc(-n3c(Cl)cc4c(=O)n(CC5(O)CCN(C(=O)c6ccc(Cl)cc6)CC5)cnc43)cc2)CO1. The normalized spacial score (nSPS) is 20.8. The van der Waals surface area contributed by atoms with Crippen molar-refractivity contribution in [2.24, 2.45) is 0 Å². The van der Waals surface area contributed by atoms with Gasteiger partial charge in [-0.15, -0.1) is 0 Å². The first-order chi connectivity index (χ1) is 19.7. The molecule has 2 fully saturated rings. The van der Waals surface area contributed by atoms with E-state index in [0.29, 0.717) is 59.3 Å². The maximum atomic E-state index is 13.5. The number of likely N-dealkylation sites (tertiary alicyclic amines) is 1. The number of hydrogen-bond donors (Lipinski definition) is 2. The molecular formula is C30H31Cl2N5O4. The number of amides is 1. The number of aliphatic hydroxyl groups is 1. The summed E-state index contributed by atoms with van der Waals surface area (Å²) in [6, 6.07) is 16.5. The maximum absolute atomic E-state index is 13.5. The number of halogens is 2. The van der Waals surface area contributed by atoms with Gasteiger partial charge in [-0.25, -0.2) is 4.98 Å². The van der Waals surface area contributed by atoms with Crippen LogP contribution in [-0.2, 0) is 11.3 Å². The van der Waals surface area contributed by atoms with E-state index < -0.39 is 5.60 Å². The summed E-state index contributed by atoms with van der Waals surface area (Å²) in [4.78, 5) is 32.6. The van der Waals surface area contributed by atoms with Gasteiger partial charge in [0.2, 0.25) is 0 Å². The van der Waals surface area contributed by atoms with Crippen molar-refractivity contribution in [3.63, 3.8) is 0 Å². The molecule has 4 heterocycles. The van der Waals surface area contributed by atoms with Gasteiger partial charge in [0, 0.05) is 35.9 Å². The molecule has 2 aliphatic rings. The van der Waals surface area contributed by atoms with Gasteiger partial charge in [-0.1, -0.05) is 35.3 Å². The van der Waals surface area contributed by atoms with Crippen molar-refractivity contribution >= 4 is 40.1 Å². The average molecular weight is 597 g/mol. The van der Waals surface area contributed by atoms with Gasteiger partial charge in [0.05, 0.1) is 36.3 Å². The maximum Gasteiger partial charge on any atom is 0.262 e. The van der Waals surface area contributed by atoms with Crippen LogP contribution in [0.15, 0.2) is 65.7 Å². The molecule has 0 spiro atoms. The Bertz CT molecular complexity index is 1620. The Morgan fingerprint density at radius 2 is 1.83 bits per heavy atom. The number of aromatic nitrogens is 3. The average Bonchev–Trinajstić information content (AvgIpc) is 3.32. The summed E-state index contributed by atoms with van der Waals surface area (Å²) >= 11 is 12.5. The largest absolute Gasteiger partial charge is 0.388 e. The summed E-state index contributed by atoms with van der Waals surface area (Å²) in [6.45, 7) is 4.28. The second-order valence-electron chi connectivity index (χ2n) is 10.9. The van der Waals surface area contributed by atoms with Gasteiger partial charge in [0.15, 0.2) is 5.65 Å². The number of nitrogens with one attached hydrogen (secondary N) is 1. The lowest BCUT2D eigenvalue weighted by Crippen LogP contribution is -2.49. The predicted octanol–water partition coefficient (Wildman–Crippen LogP) is 4.21. The molecule has 1 amide bonds. The highest BCUT2D eigenvalue weighted by Gasteiger charge is 2.35. The van der Waals surface area contributed by atoms with Gasteiger partial charge in [-0.05, 0) is 67.8 Å². The van der Waals surface area contributed by atoms with Crippen molar-refractivity contribution in [3.05, 3.63) is 92.6 Å². The molecule has 9 nitrogen and oxygen atoms in total. The summed E-state index contributed by atoms with van der Waals surface area (Å²) in [5, 5.41) is 16.1. The van der Waals surface area contributed by atoms with Gasteiger partial charge in [0.25, 0.3) is 11.5 Å². The predicted molar refractivity (Wildman–Crippen MR) is 158 cm³/mol. The molecule has 4 aromatic rings. The number of hydrogen-bond acceptors (Lipinski definition) is 6. The van der Waals surface area contributed by atoms with E-state index in [0.717, 1.165) is 17.8 Å². The standard InChI is InChI=1S/C30H31Cl2N5O4/c1-19-15-33-25(16-41-19)20-4-8-23(9-5-20)37-26(32)14-24-27(37)34-18-36(29(24)39)17-30(40)10-12-35(13-11-30)28(38)21-2-6-22(31)7-3-21/h2-9,14,18-19,25,33,40H,10-13,15-17H2,1H3/t19-,25+/m0/s1. The summed E-state index contributed by atoms with van der Waals surface area (Å²) in [7, 11) is 0. The Balaban J connectivity index is 1.17. The zero-order chi connectivity index (χ0) is 28.7. The van der Waals surface area contributed by atoms with Crippen LogP contribution in [0.2, 0.25) is 10.2 Å². The molecule has 2 N–H and O–H groups in total. The Morgan fingerprint density at radius 3 is 2.49 bits per heavy atom. The number of morpholine rings is 1. The molecule has 0 saturated carbocycles. The van der Waals surface area contributed by atoms with Gasteiger partial charge in [-0.2, -0.15) is 0 Å². The monoisotopic (exact) mass is 595 g/mol. The van der Waals surface area contributed by atoms with E-state index in [2.05, 4.69) is 10.3 Å². The summed E-state index contributed by atoms with van der Waals surface area (Å²) in [6.07, 6.45) is 2.33. The van der Waals surface area contributed by atoms with E-state index in [1.165, 1.54) is 10.9 Å². The van der Waals surface area contributed by atoms with Crippen molar-refractivity contribution in [3.8, 4) is 5.69 Å². The number of carbonyl (C=O) groups excluding carboxylic acids is 1. The third-order valence-corrected chi connectivity index (χ3v) is 8.56. The highest BCUT2D eigenvalue weighted by molar-refractivity contribution is 6.31. The highest BCUT2D eigenvalue weighted by atomic mass is 35.5. The fraction of sp³-hybridized carbons (Fsp3) is 0.367. The number of nitrogens with zero attached hydrogens (tertiary/aromatic N) is 4. The van der Waals surface area contributed by atoms with Crippen LogP contribution in [0.5, 0.6) is 0 Å². The van der Waals surface area contributed by atoms with Gasteiger partial charge in [-0.3, -0.25) is 18.7 Å². The fourth-order valence-electron chi connectivity index (χ4n) is 5.58. The zero-order valence-electron chi connectivity index (χ0n) is 22.6. The van der Waals surface area contributed by atoms with Crippen LogP contribution in [0.25, 0.3) is 16.7 Å². The molecule has 11 heteroatoms. The minimum atomic E-state index is -1.15. The summed E-state index contributed by atoms with van der Waals surface area (Å²) in [5.41, 5.74) is 1.48. The van der Waals surface area contributed by atoms with Crippen molar-refractivity contribution in [1.82, 2.24) is 24.3 Å². The molecule has 2 atom stereocenters. The Kier molecular flexibility index (Phi) is 7.65. The Hall–Kier alpha value is -3.21. The first kappa shape index (κ1) is 27.9. The molecule has 0 aliphatic carbocycles. The Labute approximate surface area is 247 Å². The number of rotatable bonds is 5. The quantitative estimate of drug-likeness (QED) is 0.358. The minimum Gasteiger partial charge on any atom is -0.388 e. The topological polar surface area (TPSA) is 102 Å². The lowest BCUT2D eigenvalue weighted by Gasteiger charge is -2.38. The lowest BCUT2D eigenvalue weighted by atomic mass is 9.91. The van der Waals surface area contributed by atoms with E-state index in [1.807, 2.05) is 31.2 Å². The van der Waals surface area contributed by atoms with E-state index in [-0.39, 0.29) is 30.2 Å². The smallest absolute Gasteiger partial charge is 0.262 e. The number of carbonyl (C=O) groups is 1. The third kappa shape index (κ3) is 5.65. The van der Waals surface area contributed by atoms with E-state index in [4.69, 9.17) is 27.9 Å². The number of piperidine rings is 1. The van der Waals surface area contributed by atoms with Crippen LogP contribution >= 0.6 is 23.2 Å². The second-order valence-corrected chi connectivity index (χ2v) is 11.8. The van der Waals surface area contributed by atoms with Crippen molar-refractivity contribution < 1.29 is 14.6 Å². The third-order valence-electron chi connectivity index (χ3n) is 8.03. The molecule has 0 unspecified atom stereocenters. The van der Waals surface area contributed by atoms with Crippen molar-refractivity contribution in [1.29, 1.82) is 0 Å². The van der Waals surface area contributed by atoms with Crippen molar-refractivity contribution in [2.45, 2.75) is 44.1 Å². The van der Waals surface area contributed by atoms with Crippen LogP contribution in [0.1, 0.15) is 41.7 Å². The molecule has 6 rings (SSSR count). The van der Waals surface area contributed by atoms with Crippen LogP contribution in [-0.4, -0.2) is 68.0 Å². The molecule has 2 saturated heterocycles. The molecular weight excluding hydrogens is 565 g/mol. The summed E-state index contributed by atoms with van der Waals surface area (Å²) in [5.74, 6) is -0.106. The van der Waals surface area contributed by atoms with E-state index in [1.54, 1.807) is 39.8 Å². The first-order valence-corrected chi connectivity index (χ1v) is 14.5. The molecule has 2 aromatic heterocycles. The fourth-order valence-corrected chi connectivity index (χ4v) is 5.99. The second kappa shape index (κ2) is 11.2. The van der Waals surface area contributed by atoms with Crippen LogP contribution < -0.4 is 10.9 Å². The van der Waals surface area contributed by atoms with Crippen LogP contribution in [0.4, 0.5) is 0 Å². The van der Waals surface area contributed by atoms with Crippen LogP contribution in [0.3, 0.4) is 0 Å². The van der Waals surface area contributed by atoms with E-state index in [9.17, 15) is 14.7 Å². The highest BCUT2D eigenvalue weighted by Crippen LogP contribution is 2.28. The number of benzene rings is 2. The molecule has 41 heavy (non-hydrogen) atoms. The van der Waals surface area contributed by atoms with Gasteiger partial charge in [0.1, 0.15) is 11.5 Å². The summed E-state index contributed by atoms with van der Waals surface area (Å²) < 4.78 is 8.95. The molecule has 2 aliphatic heterocycles. The number of fused-ring (bicyclic) bond motifs is 1. The lowest BCUT2D eigenvalue weighted by molar-refractivity contribution is -0.0299. The molecule has 0 radical (unpaired) electrons. The van der Waals surface area contributed by atoms with Gasteiger partial charge < -0.3 is 20.1 Å². The minimum absolute atomic E-state index is 0.0737. The molecule has 2 aromatic carbocycles. The zero-order valence-corrected chi connectivity index (χ0v) is 24.1. The first-order valence-electron chi connectivity index (χ1n) is 13.7. The number of ether oxygens (including phenoxy) is 1.